The minimum absolute atomic E-state index is 0.465. The molecule has 3 heteroatoms. The van der Waals surface area contributed by atoms with Crippen molar-refractivity contribution in [2.24, 2.45) is 0 Å². The Hall–Kier alpha value is -1.51. The third-order valence-electron chi connectivity index (χ3n) is 1.87. The molecule has 1 aromatic carbocycles. The number of nitrogens with zero attached hydrogens (tertiary/aromatic N) is 1. The summed E-state index contributed by atoms with van der Waals surface area (Å²) in [6.45, 7) is 2.81. The van der Waals surface area contributed by atoms with E-state index in [9.17, 15) is 4.79 Å². The summed E-state index contributed by atoms with van der Waals surface area (Å²) in [5.74, 6) is 0. The SMILES string of the molecule is CCN(Cc1ccccc1)C(=O)O. The zero-order valence-electron chi connectivity index (χ0n) is 7.60. The normalized spacial score (nSPS) is 9.62. The first kappa shape index (κ1) is 9.58. The van der Waals surface area contributed by atoms with Crippen molar-refractivity contribution in [3.8, 4) is 0 Å². The lowest BCUT2D eigenvalue weighted by atomic mass is 10.2. The van der Waals surface area contributed by atoms with Gasteiger partial charge in [0.25, 0.3) is 0 Å². The first-order valence-corrected chi connectivity index (χ1v) is 4.26. The number of amides is 1. The predicted molar refractivity (Wildman–Crippen MR) is 50.6 cm³/mol. The second kappa shape index (κ2) is 4.50. The largest absolute Gasteiger partial charge is 0.465 e. The van der Waals surface area contributed by atoms with E-state index in [-0.39, 0.29) is 0 Å². The number of benzene rings is 1. The molecule has 1 rings (SSSR count). The summed E-state index contributed by atoms with van der Waals surface area (Å²) >= 11 is 0. The van der Waals surface area contributed by atoms with Gasteiger partial charge in [-0.1, -0.05) is 30.3 Å². The molecule has 0 unspecified atom stereocenters. The van der Waals surface area contributed by atoms with E-state index in [2.05, 4.69) is 0 Å². The molecule has 0 fully saturated rings. The number of carboxylic acid groups (broad SMARTS) is 1. The van der Waals surface area contributed by atoms with Crippen LogP contribution in [0.4, 0.5) is 4.79 Å². The van der Waals surface area contributed by atoms with Crippen LogP contribution in [0.3, 0.4) is 0 Å². The van der Waals surface area contributed by atoms with Gasteiger partial charge in [0.1, 0.15) is 0 Å². The maximum Gasteiger partial charge on any atom is 0.407 e. The first-order valence-electron chi connectivity index (χ1n) is 4.26. The van der Waals surface area contributed by atoms with E-state index >= 15 is 0 Å². The second-order valence-electron chi connectivity index (χ2n) is 2.78. The number of rotatable bonds is 3. The fraction of sp³-hybridized carbons (Fsp3) is 0.300. The molecule has 3 nitrogen and oxygen atoms in total. The molecule has 0 aliphatic rings. The summed E-state index contributed by atoms with van der Waals surface area (Å²) in [7, 11) is 0. The molecule has 0 radical (unpaired) electrons. The van der Waals surface area contributed by atoms with Gasteiger partial charge in [0.15, 0.2) is 0 Å². The minimum atomic E-state index is -0.869. The van der Waals surface area contributed by atoms with Gasteiger partial charge in [-0.2, -0.15) is 0 Å². The average molecular weight is 179 g/mol. The van der Waals surface area contributed by atoms with Gasteiger partial charge in [-0.05, 0) is 12.5 Å². The highest BCUT2D eigenvalue weighted by atomic mass is 16.4. The molecule has 13 heavy (non-hydrogen) atoms. The Balaban J connectivity index is 2.62. The third kappa shape index (κ3) is 2.78. The van der Waals surface area contributed by atoms with Crippen molar-refractivity contribution in [1.82, 2.24) is 4.90 Å². The van der Waals surface area contributed by atoms with Crippen molar-refractivity contribution >= 4 is 6.09 Å². The summed E-state index contributed by atoms with van der Waals surface area (Å²) in [5.41, 5.74) is 1.02. The summed E-state index contributed by atoms with van der Waals surface area (Å²) in [6, 6.07) is 9.58. The van der Waals surface area contributed by atoms with Crippen LogP contribution >= 0.6 is 0 Å². The lowest BCUT2D eigenvalue weighted by Gasteiger charge is -2.16. The first-order chi connectivity index (χ1) is 6.24. The molecule has 0 spiro atoms. The van der Waals surface area contributed by atoms with E-state index in [0.29, 0.717) is 13.1 Å². The molecular formula is C10H13NO2. The molecule has 1 N–H and O–H groups in total. The van der Waals surface area contributed by atoms with Gasteiger partial charge >= 0.3 is 6.09 Å². The van der Waals surface area contributed by atoms with Crippen LogP contribution in [0, 0.1) is 0 Å². The quantitative estimate of drug-likeness (QED) is 0.772. The molecule has 0 bridgehead atoms. The Labute approximate surface area is 77.6 Å². The standard InChI is InChI=1S/C10H13NO2/c1-2-11(10(12)13)8-9-6-4-3-5-7-9/h3-7H,2,8H2,1H3,(H,12,13). The van der Waals surface area contributed by atoms with Gasteiger partial charge in [0, 0.05) is 13.1 Å². The fourth-order valence-corrected chi connectivity index (χ4v) is 1.12. The molecule has 70 valence electrons. The van der Waals surface area contributed by atoms with Crippen LogP contribution < -0.4 is 0 Å². The molecule has 0 aliphatic carbocycles. The lowest BCUT2D eigenvalue weighted by Crippen LogP contribution is -2.28. The smallest absolute Gasteiger partial charge is 0.407 e. The maximum absolute atomic E-state index is 10.7. The van der Waals surface area contributed by atoms with Gasteiger partial charge in [0.2, 0.25) is 0 Å². The van der Waals surface area contributed by atoms with Crippen LogP contribution in [-0.4, -0.2) is 22.6 Å². The van der Waals surface area contributed by atoms with E-state index in [1.165, 1.54) is 4.90 Å². The molecule has 0 saturated carbocycles. The lowest BCUT2D eigenvalue weighted by molar-refractivity contribution is 0.145. The van der Waals surface area contributed by atoms with Gasteiger partial charge in [-0.15, -0.1) is 0 Å². The van der Waals surface area contributed by atoms with Crippen molar-refractivity contribution in [2.75, 3.05) is 6.54 Å². The topological polar surface area (TPSA) is 40.5 Å². The molecule has 0 saturated heterocycles. The van der Waals surface area contributed by atoms with Crippen molar-refractivity contribution in [3.05, 3.63) is 35.9 Å². The Kier molecular flexibility index (Phi) is 3.31. The maximum atomic E-state index is 10.7. The molecular weight excluding hydrogens is 166 g/mol. The van der Waals surface area contributed by atoms with Crippen LogP contribution in [0.2, 0.25) is 0 Å². The average Bonchev–Trinajstić information content (AvgIpc) is 2.15. The Morgan fingerprint density at radius 2 is 2.00 bits per heavy atom. The van der Waals surface area contributed by atoms with Crippen LogP contribution in [0.1, 0.15) is 12.5 Å². The number of hydrogen-bond acceptors (Lipinski definition) is 1. The van der Waals surface area contributed by atoms with Gasteiger partial charge in [-0.3, -0.25) is 0 Å². The molecule has 0 atom stereocenters. The number of hydrogen-bond donors (Lipinski definition) is 1. The Bertz CT molecular complexity index is 272. The zero-order valence-corrected chi connectivity index (χ0v) is 7.60. The van der Waals surface area contributed by atoms with Gasteiger partial charge in [-0.25, -0.2) is 4.79 Å². The Morgan fingerprint density at radius 1 is 1.38 bits per heavy atom. The highest BCUT2D eigenvalue weighted by Crippen LogP contribution is 2.03. The van der Waals surface area contributed by atoms with E-state index in [0.717, 1.165) is 5.56 Å². The zero-order chi connectivity index (χ0) is 9.68. The van der Waals surface area contributed by atoms with Crippen molar-refractivity contribution in [1.29, 1.82) is 0 Å². The van der Waals surface area contributed by atoms with E-state index in [1.54, 1.807) is 0 Å². The minimum Gasteiger partial charge on any atom is -0.465 e. The number of carbonyl (C=O) groups is 1. The van der Waals surface area contributed by atoms with Crippen molar-refractivity contribution in [2.45, 2.75) is 13.5 Å². The summed E-state index contributed by atoms with van der Waals surface area (Å²) < 4.78 is 0. The summed E-state index contributed by atoms with van der Waals surface area (Å²) in [4.78, 5) is 12.0. The van der Waals surface area contributed by atoms with Gasteiger partial charge in [0.05, 0.1) is 0 Å². The van der Waals surface area contributed by atoms with E-state index in [4.69, 9.17) is 5.11 Å². The van der Waals surface area contributed by atoms with Crippen molar-refractivity contribution < 1.29 is 9.90 Å². The summed E-state index contributed by atoms with van der Waals surface area (Å²) in [6.07, 6.45) is -0.869. The predicted octanol–water partition coefficient (Wildman–Crippen LogP) is 2.19. The van der Waals surface area contributed by atoms with E-state index < -0.39 is 6.09 Å². The van der Waals surface area contributed by atoms with Crippen LogP contribution in [0.25, 0.3) is 0 Å². The van der Waals surface area contributed by atoms with Gasteiger partial charge < -0.3 is 10.0 Å². The molecule has 1 aromatic rings. The van der Waals surface area contributed by atoms with Crippen LogP contribution in [-0.2, 0) is 6.54 Å². The molecule has 0 aliphatic heterocycles. The summed E-state index contributed by atoms with van der Waals surface area (Å²) in [5, 5.41) is 8.76. The third-order valence-corrected chi connectivity index (χ3v) is 1.87. The molecule has 1 amide bonds. The second-order valence-corrected chi connectivity index (χ2v) is 2.78. The molecule has 0 aromatic heterocycles. The fourth-order valence-electron chi connectivity index (χ4n) is 1.12. The Morgan fingerprint density at radius 3 is 2.46 bits per heavy atom. The van der Waals surface area contributed by atoms with Crippen molar-refractivity contribution in [3.63, 3.8) is 0 Å². The highest BCUT2D eigenvalue weighted by molar-refractivity contribution is 5.64. The monoisotopic (exact) mass is 179 g/mol. The molecule has 0 heterocycles. The van der Waals surface area contributed by atoms with E-state index in [1.807, 2.05) is 37.3 Å². The van der Waals surface area contributed by atoms with Crippen LogP contribution in [0.5, 0.6) is 0 Å². The highest BCUT2D eigenvalue weighted by Gasteiger charge is 2.08. The van der Waals surface area contributed by atoms with Crippen LogP contribution in [0.15, 0.2) is 30.3 Å².